The molecule has 152 valence electrons. The molecule has 0 saturated heterocycles. The van der Waals surface area contributed by atoms with E-state index in [4.69, 9.17) is 10.5 Å². The fraction of sp³-hybridized carbons (Fsp3) is 0.333. The summed E-state index contributed by atoms with van der Waals surface area (Å²) in [4.78, 5) is 15.4. The lowest BCUT2D eigenvalue weighted by Gasteiger charge is -2.12. The first-order valence-electron chi connectivity index (χ1n) is 9.14. The molecule has 0 aliphatic carbocycles. The zero-order valence-electron chi connectivity index (χ0n) is 16.4. The summed E-state index contributed by atoms with van der Waals surface area (Å²) in [7, 11) is 0. The van der Waals surface area contributed by atoms with Crippen LogP contribution in [0.5, 0.6) is 5.75 Å². The van der Waals surface area contributed by atoms with E-state index in [0.717, 1.165) is 25.5 Å². The zero-order chi connectivity index (χ0) is 19.5. The number of carbonyl (C=O) groups is 1. The van der Waals surface area contributed by atoms with Gasteiger partial charge in [0.2, 0.25) is 0 Å². The topological polar surface area (TPSA) is 88.7 Å². The number of nitrogens with zero attached hydrogens (tertiary/aromatic N) is 1. The van der Waals surface area contributed by atoms with Gasteiger partial charge in [-0.2, -0.15) is 0 Å². The number of benzene rings is 2. The summed E-state index contributed by atoms with van der Waals surface area (Å²) >= 11 is 0. The van der Waals surface area contributed by atoms with Crippen LogP contribution in [0.15, 0.2) is 53.5 Å². The Morgan fingerprint density at radius 2 is 1.68 bits per heavy atom. The predicted octanol–water partition coefficient (Wildman–Crippen LogP) is 2.77. The fourth-order valence-corrected chi connectivity index (χ4v) is 2.44. The van der Waals surface area contributed by atoms with E-state index in [1.165, 1.54) is 16.7 Å². The first-order chi connectivity index (χ1) is 13.1. The lowest BCUT2D eigenvalue weighted by molar-refractivity contribution is -0.119. The van der Waals surface area contributed by atoms with Gasteiger partial charge in [0.25, 0.3) is 5.91 Å². The third-order valence-corrected chi connectivity index (χ3v) is 3.90. The Morgan fingerprint density at radius 1 is 1.04 bits per heavy atom. The monoisotopic (exact) mass is 496 g/mol. The molecular weight excluding hydrogens is 467 g/mol. The van der Waals surface area contributed by atoms with Gasteiger partial charge in [0.15, 0.2) is 12.6 Å². The molecule has 6 nitrogen and oxygen atoms in total. The van der Waals surface area contributed by atoms with E-state index in [0.29, 0.717) is 12.3 Å². The number of aryl methyl sites for hydroxylation is 1. The summed E-state index contributed by atoms with van der Waals surface area (Å²) in [6.45, 7) is 6.24. The molecule has 0 aliphatic heterocycles. The lowest BCUT2D eigenvalue weighted by Crippen LogP contribution is -2.38. The van der Waals surface area contributed by atoms with Crippen molar-refractivity contribution in [2.45, 2.75) is 26.8 Å². The predicted molar refractivity (Wildman–Crippen MR) is 124 cm³/mol. The van der Waals surface area contributed by atoms with Crippen LogP contribution < -0.4 is 21.1 Å². The second-order valence-electron chi connectivity index (χ2n) is 6.26. The summed E-state index contributed by atoms with van der Waals surface area (Å²) in [5, 5.41) is 6.61. The van der Waals surface area contributed by atoms with E-state index < -0.39 is 5.91 Å². The molecular formula is C21H29IN4O2. The van der Waals surface area contributed by atoms with Gasteiger partial charge in [0, 0.05) is 13.1 Å². The number of nitrogens with two attached hydrogens (primary N) is 1. The highest BCUT2D eigenvalue weighted by molar-refractivity contribution is 14.0. The minimum Gasteiger partial charge on any atom is -0.484 e. The van der Waals surface area contributed by atoms with Gasteiger partial charge in [-0.1, -0.05) is 42.0 Å². The van der Waals surface area contributed by atoms with Crippen molar-refractivity contribution < 1.29 is 9.53 Å². The third-order valence-electron chi connectivity index (χ3n) is 3.90. The van der Waals surface area contributed by atoms with E-state index in [1.807, 2.05) is 31.2 Å². The number of aliphatic imine (C=N–C) groups is 1. The van der Waals surface area contributed by atoms with Gasteiger partial charge >= 0.3 is 0 Å². The van der Waals surface area contributed by atoms with Crippen LogP contribution in [0.4, 0.5) is 0 Å². The minimum absolute atomic E-state index is 0. The molecule has 2 aromatic rings. The van der Waals surface area contributed by atoms with Gasteiger partial charge in [-0.3, -0.25) is 4.79 Å². The summed E-state index contributed by atoms with van der Waals surface area (Å²) in [5.41, 5.74) is 8.67. The molecule has 0 atom stereocenters. The van der Waals surface area contributed by atoms with Gasteiger partial charge in [-0.25, -0.2) is 4.99 Å². The highest BCUT2D eigenvalue weighted by Gasteiger charge is 2.01. The van der Waals surface area contributed by atoms with Crippen LogP contribution in [0, 0.1) is 6.92 Å². The second-order valence-corrected chi connectivity index (χ2v) is 6.26. The van der Waals surface area contributed by atoms with Crippen molar-refractivity contribution in [3.8, 4) is 5.75 Å². The van der Waals surface area contributed by atoms with E-state index in [-0.39, 0.29) is 30.6 Å². The van der Waals surface area contributed by atoms with Crippen LogP contribution in [-0.2, 0) is 17.8 Å². The molecule has 0 bridgehead atoms. The number of amides is 1. The van der Waals surface area contributed by atoms with Crippen LogP contribution in [0.2, 0.25) is 0 Å². The number of guanidine groups is 1. The normalized spacial score (nSPS) is 10.7. The number of rotatable bonds is 9. The molecule has 2 aromatic carbocycles. The Hall–Kier alpha value is -2.29. The number of ether oxygens (including phenoxy) is 1. The molecule has 0 aliphatic rings. The van der Waals surface area contributed by atoms with Crippen molar-refractivity contribution in [1.82, 2.24) is 10.6 Å². The van der Waals surface area contributed by atoms with Crippen molar-refractivity contribution >= 4 is 35.8 Å². The van der Waals surface area contributed by atoms with Crippen molar-refractivity contribution in [3.63, 3.8) is 0 Å². The van der Waals surface area contributed by atoms with E-state index in [9.17, 15) is 4.79 Å². The minimum atomic E-state index is -0.482. The van der Waals surface area contributed by atoms with E-state index in [1.54, 1.807) is 0 Å². The van der Waals surface area contributed by atoms with Crippen molar-refractivity contribution in [2.75, 3.05) is 19.7 Å². The van der Waals surface area contributed by atoms with Gasteiger partial charge in [0.05, 0.1) is 6.54 Å². The molecule has 4 N–H and O–H groups in total. The van der Waals surface area contributed by atoms with Crippen LogP contribution >= 0.6 is 24.0 Å². The standard InChI is InChI=1S/C21H28N4O2.HI/c1-3-23-21(25-14-18-6-4-16(2)5-7-18)24-13-12-17-8-10-19(11-9-17)27-15-20(22)26;/h4-11H,3,12-15H2,1-2H3,(H2,22,26)(H2,23,24,25);1H. The smallest absolute Gasteiger partial charge is 0.255 e. The number of hydrogen-bond acceptors (Lipinski definition) is 3. The number of carbonyl (C=O) groups excluding carboxylic acids is 1. The molecule has 0 fully saturated rings. The molecule has 0 aromatic heterocycles. The summed E-state index contributed by atoms with van der Waals surface area (Å²) in [5.74, 6) is 0.960. The van der Waals surface area contributed by atoms with Crippen LogP contribution in [0.3, 0.4) is 0 Å². The molecule has 0 unspecified atom stereocenters. The quantitative estimate of drug-likeness (QED) is 0.283. The van der Waals surface area contributed by atoms with Crippen molar-refractivity contribution in [1.29, 1.82) is 0 Å². The first kappa shape index (κ1) is 23.7. The molecule has 1 amide bonds. The summed E-state index contributed by atoms with van der Waals surface area (Å²) in [6.07, 6.45) is 0.852. The lowest BCUT2D eigenvalue weighted by atomic mass is 10.1. The SMILES string of the molecule is CCNC(=NCc1ccc(C)cc1)NCCc1ccc(OCC(N)=O)cc1.I. The van der Waals surface area contributed by atoms with Crippen molar-refractivity contribution in [2.24, 2.45) is 10.7 Å². The fourth-order valence-electron chi connectivity index (χ4n) is 2.44. The maximum absolute atomic E-state index is 10.7. The molecule has 0 heterocycles. The molecule has 28 heavy (non-hydrogen) atoms. The highest BCUT2D eigenvalue weighted by atomic mass is 127. The van der Waals surface area contributed by atoms with E-state index in [2.05, 4.69) is 46.8 Å². The Labute approximate surface area is 184 Å². The summed E-state index contributed by atoms with van der Waals surface area (Å²) in [6, 6.07) is 16.0. The Kier molecular flexibility index (Phi) is 11.0. The van der Waals surface area contributed by atoms with Crippen LogP contribution in [-0.4, -0.2) is 31.6 Å². The molecule has 0 radical (unpaired) electrons. The number of halogens is 1. The maximum atomic E-state index is 10.7. The Bertz CT molecular complexity index is 746. The number of hydrogen-bond donors (Lipinski definition) is 3. The number of nitrogens with one attached hydrogen (secondary N) is 2. The molecule has 2 rings (SSSR count). The average molecular weight is 496 g/mol. The largest absolute Gasteiger partial charge is 0.484 e. The highest BCUT2D eigenvalue weighted by Crippen LogP contribution is 2.12. The summed E-state index contributed by atoms with van der Waals surface area (Å²) < 4.78 is 5.26. The third kappa shape index (κ3) is 9.07. The average Bonchev–Trinajstić information content (AvgIpc) is 2.66. The maximum Gasteiger partial charge on any atom is 0.255 e. The molecule has 0 saturated carbocycles. The van der Waals surface area contributed by atoms with Gasteiger partial charge < -0.3 is 21.1 Å². The number of primary amides is 1. The Morgan fingerprint density at radius 3 is 2.29 bits per heavy atom. The molecule has 7 heteroatoms. The first-order valence-corrected chi connectivity index (χ1v) is 9.14. The van der Waals surface area contributed by atoms with Crippen LogP contribution in [0.1, 0.15) is 23.6 Å². The van der Waals surface area contributed by atoms with Crippen LogP contribution in [0.25, 0.3) is 0 Å². The zero-order valence-corrected chi connectivity index (χ0v) is 18.7. The van der Waals surface area contributed by atoms with Gasteiger partial charge in [-0.15, -0.1) is 24.0 Å². The second kappa shape index (κ2) is 13.0. The Balaban J connectivity index is 0.00000392. The van der Waals surface area contributed by atoms with Gasteiger partial charge in [-0.05, 0) is 43.5 Å². The van der Waals surface area contributed by atoms with E-state index >= 15 is 0 Å². The van der Waals surface area contributed by atoms with Gasteiger partial charge in [0.1, 0.15) is 5.75 Å². The van der Waals surface area contributed by atoms with Crippen molar-refractivity contribution in [3.05, 3.63) is 65.2 Å². The molecule has 0 spiro atoms.